The molecule has 104 valence electrons. The molecule has 0 saturated carbocycles. The number of aromatic nitrogens is 1. The van der Waals surface area contributed by atoms with E-state index in [1.54, 1.807) is 0 Å². The fourth-order valence-corrected chi connectivity index (χ4v) is 3.75. The van der Waals surface area contributed by atoms with Gasteiger partial charge in [-0.1, -0.05) is 6.07 Å². The predicted molar refractivity (Wildman–Crippen MR) is 84.6 cm³/mol. The molecule has 1 saturated heterocycles. The molecule has 0 N–H and O–H groups in total. The first-order chi connectivity index (χ1) is 9.65. The minimum atomic E-state index is 0.00427. The Hall–Kier alpha value is -1.39. The number of ketones is 1. The Morgan fingerprint density at radius 1 is 1.35 bits per heavy atom. The van der Waals surface area contributed by atoms with Crippen LogP contribution >= 0.6 is 11.8 Å². The van der Waals surface area contributed by atoms with Crippen LogP contribution in [0.3, 0.4) is 0 Å². The molecule has 1 atom stereocenters. The molecule has 1 unspecified atom stereocenters. The van der Waals surface area contributed by atoms with Crippen LogP contribution in [0.25, 0.3) is 10.9 Å². The highest BCUT2D eigenvalue weighted by Gasteiger charge is 2.27. The number of nitrogens with zero attached hydrogens (tertiary/aromatic N) is 2. The van der Waals surface area contributed by atoms with Crippen LogP contribution in [-0.2, 0) is 0 Å². The van der Waals surface area contributed by atoms with Crippen LogP contribution in [0.1, 0.15) is 16.1 Å². The molecule has 2 aromatic rings. The van der Waals surface area contributed by atoms with E-state index in [0.29, 0.717) is 0 Å². The van der Waals surface area contributed by atoms with E-state index in [4.69, 9.17) is 0 Å². The van der Waals surface area contributed by atoms with Gasteiger partial charge in [0.2, 0.25) is 0 Å². The average molecular weight is 286 g/mol. The molecule has 0 amide bonds. The Morgan fingerprint density at radius 3 is 3.00 bits per heavy atom. The van der Waals surface area contributed by atoms with Gasteiger partial charge in [0.05, 0.1) is 11.6 Å². The minimum absolute atomic E-state index is 0.00427. The Labute approximate surface area is 123 Å². The van der Waals surface area contributed by atoms with Crippen molar-refractivity contribution in [2.24, 2.45) is 0 Å². The lowest BCUT2D eigenvalue weighted by Crippen LogP contribution is -2.44. The van der Waals surface area contributed by atoms with Crippen molar-refractivity contribution in [3.05, 3.63) is 41.6 Å². The maximum atomic E-state index is 12.6. The van der Waals surface area contributed by atoms with Gasteiger partial charge in [0.1, 0.15) is 0 Å². The molecule has 4 heteroatoms. The number of carbonyl (C=O) groups excluding carboxylic acids is 1. The number of hydrogen-bond donors (Lipinski definition) is 0. The highest BCUT2D eigenvalue weighted by molar-refractivity contribution is 7.99. The number of rotatable bonds is 2. The van der Waals surface area contributed by atoms with Crippen LogP contribution in [0.2, 0.25) is 0 Å². The zero-order chi connectivity index (χ0) is 14.1. The molecule has 0 aliphatic carbocycles. The molecule has 1 aliphatic rings. The second-order valence-electron chi connectivity index (χ2n) is 5.30. The normalized spacial score (nSPS) is 20.2. The summed E-state index contributed by atoms with van der Waals surface area (Å²) < 4.78 is 0. The maximum absolute atomic E-state index is 12.6. The first-order valence-electron chi connectivity index (χ1n) is 6.85. The van der Waals surface area contributed by atoms with Crippen molar-refractivity contribution in [3.63, 3.8) is 0 Å². The number of aryl methyl sites for hydroxylation is 1. The number of likely N-dealkylation sites (N-methyl/N-ethyl adjacent to an activating group) is 1. The lowest BCUT2D eigenvalue weighted by Gasteiger charge is -2.30. The number of benzene rings is 1. The monoisotopic (exact) mass is 286 g/mol. The summed E-state index contributed by atoms with van der Waals surface area (Å²) in [6.07, 6.45) is 0. The van der Waals surface area contributed by atoms with Gasteiger partial charge in [-0.2, -0.15) is 11.8 Å². The lowest BCUT2D eigenvalue weighted by atomic mass is 10.0. The van der Waals surface area contributed by atoms with Gasteiger partial charge in [-0.05, 0) is 38.2 Å². The van der Waals surface area contributed by atoms with E-state index in [1.165, 1.54) is 0 Å². The van der Waals surface area contributed by atoms with Crippen molar-refractivity contribution in [1.29, 1.82) is 0 Å². The Bertz CT molecular complexity index is 656. The first kappa shape index (κ1) is 13.6. The summed E-state index contributed by atoms with van der Waals surface area (Å²) in [5.41, 5.74) is 2.75. The van der Waals surface area contributed by atoms with E-state index in [0.717, 1.165) is 40.2 Å². The molecule has 0 spiro atoms. The average Bonchev–Trinajstić information content (AvgIpc) is 2.46. The van der Waals surface area contributed by atoms with Crippen molar-refractivity contribution in [3.8, 4) is 0 Å². The molecule has 0 radical (unpaired) electrons. The first-order valence-corrected chi connectivity index (χ1v) is 8.00. The van der Waals surface area contributed by atoms with E-state index in [-0.39, 0.29) is 11.8 Å². The molecular weight excluding hydrogens is 268 g/mol. The zero-order valence-electron chi connectivity index (χ0n) is 11.8. The largest absolute Gasteiger partial charge is 0.295 e. The Balaban J connectivity index is 1.93. The van der Waals surface area contributed by atoms with E-state index >= 15 is 0 Å². The molecule has 3 nitrogen and oxygen atoms in total. The molecule has 1 fully saturated rings. The van der Waals surface area contributed by atoms with Crippen LogP contribution in [-0.4, -0.2) is 46.8 Å². The Kier molecular flexibility index (Phi) is 3.76. The summed E-state index contributed by atoms with van der Waals surface area (Å²) in [5.74, 6) is 2.22. The number of fused-ring (bicyclic) bond motifs is 1. The van der Waals surface area contributed by atoms with E-state index in [9.17, 15) is 4.79 Å². The number of hydrogen-bond acceptors (Lipinski definition) is 4. The summed E-state index contributed by atoms with van der Waals surface area (Å²) in [6.45, 7) is 2.96. The smallest absolute Gasteiger partial charge is 0.180 e. The second-order valence-corrected chi connectivity index (χ2v) is 6.45. The van der Waals surface area contributed by atoms with Crippen LogP contribution in [0.4, 0.5) is 0 Å². The highest BCUT2D eigenvalue weighted by atomic mass is 32.2. The van der Waals surface area contributed by atoms with Gasteiger partial charge in [0.15, 0.2) is 5.78 Å². The molecule has 1 aromatic carbocycles. The van der Waals surface area contributed by atoms with Gasteiger partial charge in [-0.3, -0.25) is 14.7 Å². The van der Waals surface area contributed by atoms with Crippen molar-refractivity contribution in [2.45, 2.75) is 13.0 Å². The molecule has 1 aromatic heterocycles. The predicted octanol–water partition coefficient (Wildman–Crippen LogP) is 2.77. The van der Waals surface area contributed by atoms with E-state index < -0.39 is 0 Å². The summed E-state index contributed by atoms with van der Waals surface area (Å²) in [6, 6.07) is 9.85. The third-order valence-corrected chi connectivity index (χ3v) is 4.83. The van der Waals surface area contributed by atoms with Gasteiger partial charge < -0.3 is 0 Å². The lowest BCUT2D eigenvalue weighted by molar-refractivity contribution is 0.0874. The van der Waals surface area contributed by atoms with Gasteiger partial charge in [0, 0.05) is 34.7 Å². The maximum Gasteiger partial charge on any atom is 0.180 e. The Morgan fingerprint density at radius 2 is 2.20 bits per heavy atom. The van der Waals surface area contributed by atoms with Crippen LogP contribution in [0.5, 0.6) is 0 Å². The van der Waals surface area contributed by atoms with Crippen molar-refractivity contribution in [1.82, 2.24) is 9.88 Å². The van der Waals surface area contributed by atoms with Gasteiger partial charge in [-0.15, -0.1) is 0 Å². The number of thioether (sulfide) groups is 1. The van der Waals surface area contributed by atoms with Gasteiger partial charge in [-0.25, -0.2) is 0 Å². The standard InChI is InChI=1S/C16H18N2OS/c1-11-3-4-12-9-13(5-6-14(12)17-11)16(19)15-10-20-8-7-18(15)2/h3-6,9,15H,7-8,10H2,1-2H3. The minimum Gasteiger partial charge on any atom is -0.295 e. The van der Waals surface area contributed by atoms with Gasteiger partial charge >= 0.3 is 0 Å². The number of Topliss-reactive ketones (excluding diaryl/α,β-unsaturated/α-hetero) is 1. The summed E-state index contributed by atoms with van der Waals surface area (Å²) >= 11 is 1.86. The van der Waals surface area contributed by atoms with Crippen LogP contribution in [0, 0.1) is 6.92 Å². The third-order valence-electron chi connectivity index (χ3n) is 3.81. The highest BCUT2D eigenvalue weighted by Crippen LogP contribution is 2.21. The molecule has 3 rings (SSSR count). The number of carbonyl (C=O) groups is 1. The molecule has 20 heavy (non-hydrogen) atoms. The zero-order valence-corrected chi connectivity index (χ0v) is 12.6. The third kappa shape index (κ3) is 2.58. The summed E-state index contributed by atoms with van der Waals surface area (Å²) in [5, 5.41) is 1.03. The fraction of sp³-hybridized carbons (Fsp3) is 0.375. The van der Waals surface area contributed by atoms with E-state index in [1.807, 2.05) is 56.1 Å². The molecule has 0 bridgehead atoms. The van der Waals surface area contributed by atoms with Crippen molar-refractivity contribution >= 4 is 28.4 Å². The van der Waals surface area contributed by atoms with Crippen molar-refractivity contribution < 1.29 is 4.79 Å². The molecule has 1 aliphatic heterocycles. The number of pyridine rings is 1. The topological polar surface area (TPSA) is 33.2 Å². The molecular formula is C16H18N2OS. The van der Waals surface area contributed by atoms with E-state index in [2.05, 4.69) is 9.88 Å². The molecule has 2 heterocycles. The van der Waals surface area contributed by atoms with Gasteiger partial charge in [0.25, 0.3) is 0 Å². The summed E-state index contributed by atoms with van der Waals surface area (Å²) in [7, 11) is 2.04. The van der Waals surface area contributed by atoms with Crippen molar-refractivity contribution in [2.75, 3.05) is 25.1 Å². The SMILES string of the molecule is Cc1ccc2cc(C(=O)C3CSCCN3C)ccc2n1. The second kappa shape index (κ2) is 5.54. The quantitative estimate of drug-likeness (QED) is 0.795. The van der Waals surface area contributed by atoms with Crippen LogP contribution < -0.4 is 0 Å². The summed E-state index contributed by atoms with van der Waals surface area (Å²) in [4.78, 5) is 19.3. The fourth-order valence-electron chi connectivity index (χ4n) is 2.54. The van der Waals surface area contributed by atoms with Crippen LogP contribution in [0.15, 0.2) is 30.3 Å².